The van der Waals surface area contributed by atoms with E-state index in [0.29, 0.717) is 25.0 Å². The minimum atomic E-state index is -0.520. The topological polar surface area (TPSA) is 67.1 Å². The monoisotopic (exact) mass is 257 g/mol. The van der Waals surface area contributed by atoms with E-state index in [4.69, 9.17) is 0 Å². The fourth-order valence-corrected chi connectivity index (χ4v) is 2.75. The predicted octanol–water partition coefficient (Wildman–Crippen LogP) is 0.623. The normalized spacial score (nSPS) is 21.2. The Bertz CT molecular complexity index is 586. The summed E-state index contributed by atoms with van der Waals surface area (Å²) in [6.45, 7) is 1.26. The van der Waals surface area contributed by atoms with Crippen molar-refractivity contribution in [3.63, 3.8) is 0 Å². The Morgan fingerprint density at radius 1 is 1.16 bits per heavy atom. The average Bonchev–Trinajstić information content (AvgIpc) is 3.14. The molecule has 98 valence electrons. The quantitative estimate of drug-likeness (QED) is 0.873. The van der Waals surface area contributed by atoms with E-state index in [1.807, 2.05) is 35.2 Å². The van der Waals surface area contributed by atoms with Gasteiger partial charge in [-0.1, -0.05) is 23.3 Å². The Balaban J connectivity index is 1.59. The maximum atomic E-state index is 10.4. The van der Waals surface area contributed by atoms with E-state index in [2.05, 4.69) is 15.5 Å². The van der Waals surface area contributed by atoms with Gasteiger partial charge in [-0.3, -0.25) is 0 Å². The van der Waals surface area contributed by atoms with E-state index >= 15 is 0 Å². The lowest BCUT2D eigenvalue weighted by molar-refractivity contribution is -0.0104. The summed E-state index contributed by atoms with van der Waals surface area (Å²) in [4.78, 5) is 2.03. The molecule has 0 radical (unpaired) electrons. The molecule has 2 fully saturated rings. The highest BCUT2D eigenvalue weighted by Gasteiger charge is 2.53. The molecule has 4 rings (SSSR count). The van der Waals surface area contributed by atoms with Crippen LogP contribution in [0.2, 0.25) is 0 Å². The van der Waals surface area contributed by atoms with E-state index in [-0.39, 0.29) is 0 Å². The summed E-state index contributed by atoms with van der Waals surface area (Å²) < 4.78 is 1.71. The Kier molecular flexibility index (Phi) is 2.17. The van der Waals surface area contributed by atoms with Crippen molar-refractivity contribution in [3.8, 4) is 5.69 Å². The summed E-state index contributed by atoms with van der Waals surface area (Å²) in [7, 11) is 0. The predicted molar refractivity (Wildman–Crippen MR) is 69.0 cm³/mol. The SMILES string of the molecule is OC1(C2CC2)CN(c2nnnn2-c2ccccc2)C1. The van der Waals surface area contributed by atoms with E-state index in [9.17, 15) is 5.11 Å². The number of tetrazole rings is 1. The van der Waals surface area contributed by atoms with Crippen LogP contribution in [0.4, 0.5) is 5.95 Å². The molecule has 1 aromatic heterocycles. The maximum Gasteiger partial charge on any atom is 0.250 e. The van der Waals surface area contributed by atoms with Gasteiger partial charge in [0.25, 0.3) is 5.95 Å². The van der Waals surface area contributed by atoms with Crippen molar-refractivity contribution in [2.75, 3.05) is 18.0 Å². The highest BCUT2D eigenvalue weighted by Crippen LogP contribution is 2.45. The van der Waals surface area contributed by atoms with Crippen molar-refractivity contribution >= 4 is 5.95 Å². The number of hydrogen-bond donors (Lipinski definition) is 1. The van der Waals surface area contributed by atoms with Crippen LogP contribution in [0, 0.1) is 5.92 Å². The summed E-state index contributed by atoms with van der Waals surface area (Å²) in [6, 6.07) is 9.80. The summed E-state index contributed by atoms with van der Waals surface area (Å²) in [6.07, 6.45) is 2.29. The van der Waals surface area contributed by atoms with Gasteiger partial charge in [-0.25, -0.2) is 0 Å². The third kappa shape index (κ3) is 1.71. The zero-order valence-electron chi connectivity index (χ0n) is 10.5. The standard InChI is InChI=1S/C13H15N5O/c19-13(10-6-7-10)8-17(9-13)12-14-15-16-18(12)11-4-2-1-3-5-11/h1-5,10,19H,6-9H2. The lowest BCUT2D eigenvalue weighted by Crippen LogP contribution is -2.64. The number of aliphatic hydroxyl groups is 1. The Morgan fingerprint density at radius 3 is 2.58 bits per heavy atom. The van der Waals surface area contributed by atoms with Crippen LogP contribution in [0.15, 0.2) is 30.3 Å². The van der Waals surface area contributed by atoms with Gasteiger partial charge in [0.05, 0.1) is 18.8 Å². The molecule has 2 heterocycles. The fourth-order valence-electron chi connectivity index (χ4n) is 2.75. The number of β-amino-alcohol motifs (C(OH)–C–C–N with tert-alkyl or cyclic N) is 1. The van der Waals surface area contributed by atoms with Crippen LogP contribution in [0.25, 0.3) is 5.69 Å². The number of rotatable bonds is 3. The van der Waals surface area contributed by atoms with Crippen LogP contribution in [0.5, 0.6) is 0 Å². The smallest absolute Gasteiger partial charge is 0.250 e. The molecule has 1 aliphatic heterocycles. The van der Waals surface area contributed by atoms with Crippen LogP contribution < -0.4 is 4.90 Å². The van der Waals surface area contributed by atoms with Crippen LogP contribution in [-0.4, -0.2) is 44.0 Å². The molecule has 0 unspecified atom stereocenters. The molecule has 6 nitrogen and oxygen atoms in total. The summed E-state index contributed by atoms with van der Waals surface area (Å²) in [5.74, 6) is 1.18. The number of aromatic nitrogens is 4. The molecule has 2 aromatic rings. The van der Waals surface area contributed by atoms with Gasteiger partial charge in [-0.05, 0) is 41.3 Å². The van der Waals surface area contributed by atoms with Crippen molar-refractivity contribution in [2.45, 2.75) is 18.4 Å². The fraction of sp³-hybridized carbons (Fsp3) is 0.462. The van der Waals surface area contributed by atoms with E-state index in [1.165, 1.54) is 0 Å². The van der Waals surface area contributed by atoms with Crippen LogP contribution in [0.3, 0.4) is 0 Å². The molecule has 19 heavy (non-hydrogen) atoms. The van der Waals surface area contributed by atoms with Crippen molar-refractivity contribution < 1.29 is 5.11 Å². The molecule has 1 aliphatic carbocycles. The van der Waals surface area contributed by atoms with Gasteiger partial charge in [0, 0.05) is 0 Å². The van der Waals surface area contributed by atoms with Gasteiger partial charge in [0.1, 0.15) is 5.60 Å². The minimum absolute atomic E-state index is 0.477. The lowest BCUT2D eigenvalue weighted by atomic mass is 9.89. The van der Waals surface area contributed by atoms with Gasteiger partial charge >= 0.3 is 0 Å². The number of para-hydroxylation sites is 1. The molecular formula is C13H15N5O. The van der Waals surface area contributed by atoms with E-state index < -0.39 is 5.60 Å². The summed E-state index contributed by atoms with van der Waals surface area (Å²) in [5.41, 5.74) is 0.414. The molecule has 0 atom stereocenters. The van der Waals surface area contributed by atoms with Crippen LogP contribution in [0.1, 0.15) is 12.8 Å². The summed E-state index contributed by atoms with van der Waals surface area (Å²) in [5, 5.41) is 22.2. The molecule has 1 saturated heterocycles. The first kappa shape index (κ1) is 10.9. The Hall–Kier alpha value is -1.95. The van der Waals surface area contributed by atoms with Crippen LogP contribution >= 0.6 is 0 Å². The van der Waals surface area contributed by atoms with Crippen molar-refractivity contribution in [2.24, 2.45) is 5.92 Å². The first-order valence-electron chi connectivity index (χ1n) is 6.57. The second-order valence-electron chi connectivity index (χ2n) is 5.46. The Morgan fingerprint density at radius 2 is 1.89 bits per heavy atom. The number of anilines is 1. The van der Waals surface area contributed by atoms with Crippen molar-refractivity contribution in [1.29, 1.82) is 0 Å². The highest BCUT2D eigenvalue weighted by molar-refractivity contribution is 5.44. The van der Waals surface area contributed by atoms with Crippen molar-refractivity contribution in [1.82, 2.24) is 20.2 Å². The first-order valence-corrected chi connectivity index (χ1v) is 6.57. The average molecular weight is 257 g/mol. The van der Waals surface area contributed by atoms with Gasteiger partial charge in [-0.15, -0.1) is 0 Å². The van der Waals surface area contributed by atoms with E-state index in [0.717, 1.165) is 18.5 Å². The molecule has 6 heteroatoms. The molecule has 2 aliphatic rings. The van der Waals surface area contributed by atoms with Crippen molar-refractivity contribution in [3.05, 3.63) is 30.3 Å². The first-order chi connectivity index (χ1) is 9.26. The van der Waals surface area contributed by atoms with E-state index in [1.54, 1.807) is 4.68 Å². The largest absolute Gasteiger partial charge is 0.386 e. The minimum Gasteiger partial charge on any atom is -0.386 e. The number of hydrogen-bond acceptors (Lipinski definition) is 5. The number of benzene rings is 1. The third-order valence-electron chi connectivity index (χ3n) is 4.00. The number of nitrogens with zero attached hydrogens (tertiary/aromatic N) is 5. The maximum absolute atomic E-state index is 10.4. The lowest BCUT2D eigenvalue weighted by Gasteiger charge is -2.46. The second-order valence-corrected chi connectivity index (χ2v) is 5.46. The highest BCUT2D eigenvalue weighted by atomic mass is 16.3. The molecule has 0 spiro atoms. The van der Waals surface area contributed by atoms with Gasteiger partial charge in [-0.2, -0.15) is 4.68 Å². The molecule has 1 aromatic carbocycles. The van der Waals surface area contributed by atoms with Crippen LogP contribution in [-0.2, 0) is 0 Å². The van der Waals surface area contributed by atoms with Gasteiger partial charge in [0.2, 0.25) is 0 Å². The van der Waals surface area contributed by atoms with Gasteiger partial charge in [0.15, 0.2) is 0 Å². The molecule has 1 saturated carbocycles. The zero-order valence-corrected chi connectivity index (χ0v) is 10.5. The molecule has 0 amide bonds. The molecule has 0 bridgehead atoms. The second kappa shape index (κ2) is 3.77. The van der Waals surface area contributed by atoms with Gasteiger partial charge < -0.3 is 10.0 Å². The molecular weight excluding hydrogens is 242 g/mol. The Labute approximate surface area is 110 Å². The molecule has 1 N–H and O–H groups in total. The summed E-state index contributed by atoms with van der Waals surface area (Å²) >= 11 is 0. The third-order valence-corrected chi connectivity index (χ3v) is 4.00. The zero-order chi connectivity index (χ0) is 12.9.